The molecule has 2 aromatic carbocycles. The van der Waals surface area contributed by atoms with Crippen molar-refractivity contribution in [1.29, 1.82) is 0 Å². The maximum atomic E-state index is 11.0. The summed E-state index contributed by atoms with van der Waals surface area (Å²) < 4.78 is 12.9. The molecule has 8 heteroatoms. The average Bonchev–Trinajstić information content (AvgIpc) is 3.01. The Morgan fingerprint density at radius 2 is 1.92 bits per heavy atom. The second-order valence-corrected chi connectivity index (χ2v) is 6.51. The van der Waals surface area contributed by atoms with Crippen molar-refractivity contribution in [1.82, 2.24) is 9.55 Å². The summed E-state index contributed by atoms with van der Waals surface area (Å²) in [6.07, 6.45) is 0. The number of hydrogen-bond donors (Lipinski definition) is 0. The van der Waals surface area contributed by atoms with Crippen molar-refractivity contribution < 1.29 is 14.4 Å². The highest BCUT2D eigenvalue weighted by atomic mass is 32.2. The lowest BCUT2D eigenvalue weighted by Gasteiger charge is -2.09. The van der Waals surface area contributed by atoms with Gasteiger partial charge in [0.1, 0.15) is 0 Å². The van der Waals surface area contributed by atoms with Crippen LogP contribution in [0.15, 0.2) is 53.7 Å². The third kappa shape index (κ3) is 4.14. The van der Waals surface area contributed by atoms with Crippen LogP contribution in [-0.2, 0) is 11.3 Å². The number of thioether (sulfide) groups is 1. The Kier molecular flexibility index (Phi) is 6.08. The van der Waals surface area contributed by atoms with E-state index in [1.54, 1.807) is 37.1 Å². The SMILES string of the molecule is COCCn1c(SCCOc2ccccc2[N+](=O)[O-])nc2ccccc21. The first kappa shape index (κ1) is 18.2. The lowest BCUT2D eigenvalue weighted by Crippen LogP contribution is -2.07. The monoisotopic (exact) mass is 373 g/mol. The second-order valence-electron chi connectivity index (χ2n) is 5.45. The molecule has 3 aromatic rings. The summed E-state index contributed by atoms with van der Waals surface area (Å²) in [5, 5.41) is 11.9. The Balaban J connectivity index is 1.66. The van der Waals surface area contributed by atoms with Crippen LogP contribution in [0.5, 0.6) is 5.75 Å². The number of imidazole rings is 1. The molecule has 26 heavy (non-hydrogen) atoms. The van der Waals surface area contributed by atoms with E-state index in [0.29, 0.717) is 25.5 Å². The maximum Gasteiger partial charge on any atom is 0.310 e. The molecule has 0 atom stereocenters. The Hall–Kier alpha value is -2.58. The number of nitrogens with zero attached hydrogens (tertiary/aromatic N) is 3. The molecule has 1 heterocycles. The minimum absolute atomic E-state index is 0.0233. The van der Waals surface area contributed by atoms with Crippen LogP contribution in [0.4, 0.5) is 5.69 Å². The van der Waals surface area contributed by atoms with Gasteiger partial charge in [-0.15, -0.1) is 0 Å². The molecule has 0 aliphatic rings. The summed E-state index contributed by atoms with van der Waals surface area (Å²) in [5.74, 6) is 0.911. The van der Waals surface area contributed by atoms with Crippen LogP contribution in [0.1, 0.15) is 0 Å². The third-order valence-electron chi connectivity index (χ3n) is 3.77. The van der Waals surface area contributed by atoms with Crippen LogP contribution in [-0.4, -0.2) is 40.6 Å². The summed E-state index contributed by atoms with van der Waals surface area (Å²) in [5.41, 5.74) is 1.97. The van der Waals surface area contributed by atoms with E-state index in [0.717, 1.165) is 16.2 Å². The molecule has 0 spiro atoms. The molecule has 0 radical (unpaired) electrons. The van der Waals surface area contributed by atoms with E-state index < -0.39 is 4.92 Å². The van der Waals surface area contributed by atoms with E-state index in [-0.39, 0.29) is 11.4 Å². The quantitative estimate of drug-likeness (QED) is 0.246. The van der Waals surface area contributed by atoms with Crippen molar-refractivity contribution in [2.24, 2.45) is 0 Å². The fourth-order valence-corrected chi connectivity index (χ4v) is 3.43. The summed E-state index contributed by atoms with van der Waals surface area (Å²) in [6.45, 7) is 1.66. The highest BCUT2D eigenvalue weighted by molar-refractivity contribution is 7.99. The molecule has 0 bridgehead atoms. The number of methoxy groups -OCH3 is 1. The molecule has 136 valence electrons. The predicted octanol–water partition coefficient (Wildman–Crippen LogP) is 3.76. The number of nitro groups is 1. The van der Waals surface area contributed by atoms with Gasteiger partial charge in [0.15, 0.2) is 10.9 Å². The van der Waals surface area contributed by atoms with Crippen molar-refractivity contribution >= 4 is 28.5 Å². The molecule has 0 fully saturated rings. The molecule has 0 saturated carbocycles. The van der Waals surface area contributed by atoms with Crippen LogP contribution in [0.2, 0.25) is 0 Å². The van der Waals surface area contributed by atoms with Gasteiger partial charge in [-0.2, -0.15) is 0 Å². The maximum absolute atomic E-state index is 11.0. The predicted molar refractivity (Wildman–Crippen MR) is 101 cm³/mol. The molecule has 3 rings (SSSR count). The summed E-state index contributed by atoms with van der Waals surface area (Å²) >= 11 is 1.56. The fourth-order valence-electron chi connectivity index (χ4n) is 2.58. The van der Waals surface area contributed by atoms with Crippen LogP contribution in [0, 0.1) is 10.1 Å². The number of nitro benzene ring substituents is 1. The molecule has 0 aliphatic carbocycles. The van der Waals surface area contributed by atoms with Crippen LogP contribution >= 0.6 is 11.8 Å². The number of hydrogen-bond acceptors (Lipinski definition) is 6. The van der Waals surface area contributed by atoms with Crippen LogP contribution in [0.25, 0.3) is 11.0 Å². The van der Waals surface area contributed by atoms with Crippen molar-refractivity contribution in [3.05, 3.63) is 58.6 Å². The van der Waals surface area contributed by atoms with E-state index in [2.05, 4.69) is 9.55 Å². The smallest absolute Gasteiger partial charge is 0.310 e. The molecule has 0 N–H and O–H groups in total. The van der Waals surface area contributed by atoms with Crippen molar-refractivity contribution in [3.63, 3.8) is 0 Å². The van der Waals surface area contributed by atoms with E-state index in [9.17, 15) is 10.1 Å². The Bertz CT molecular complexity index is 897. The van der Waals surface area contributed by atoms with Gasteiger partial charge in [0.2, 0.25) is 0 Å². The Morgan fingerprint density at radius 1 is 1.15 bits per heavy atom. The van der Waals surface area contributed by atoms with Crippen molar-refractivity contribution in [2.75, 3.05) is 26.1 Å². The standard InChI is InChI=1S/C18H19N3O4S/c1-24-11-10-20-15-7-3-2-6-14(15)19-18(20)26-13-12-25-17-9-5-4-8-16(17)21(22)23/h2-9H,10-13H2,1H3. The van der Waals surface area contributed by atoms with Gasteiger partial charge in [0.25, 0.3) is 0 Å². The molecule has 0 amide bonds. The van der Waals surface area contributed by atoms with E-state index in [4.69, 9.17) is 9.47 Å². The van der Waals surface area contributed by atoms with Gasteiger partial charge < -0.3 is 14.0 Å². The van der Waals surface area contributed by atoms with E-state index in [1.165, 1.54) is 6.07 Å². The number of ether oxygens (including phenoxy) is 2. The zero-order chi connectivity index (χ0) is 18.4. The lowest BCUT2D eigenvalue weighted by molar-refractivity contribution is -0.385. The summed E-state index contributed by atoms with van der Waals surface area (Å²) in [6, 6.07) is 14.3. The largest absolute Gasteiger partial charge is 0.486 e. The highest BCUT2D eigenvalue weighted by Crippen LogP contribution is 2.27. The number of benzene rings is 2. The van der Waals surface area contributed by atoms with Gasteiger partial charge >= 0.3 is 5.69 Å². The van der Waals surface area contributed by atoms with E-state index >= 15 is 0 Å². The average molecular weight is 373 g/mol. The van der Waals surface area contributed by atoms with Gasteiger partial charge in [-0.25, -0.2) is 4.98 Å². The number of aromatic nitrogens is 2. The zero-order valence-electron chi connectivity index (χ0n) is 14.3. The molecule has 0 saturated heterocycles. The van der Waals surface area contributed by atoms with Gasteiger partial charge in [-0.05, 0) is 18.2 Å². The minimum Gasteiger partial charge on any atom is -0.486 e. The lowest BCUT2D eigenvalue weighted by atomic mass is 10.3. The normalized spacial score (nSPS) is 11.0. The molecule has 1 aromatic heterocycles. The first-order valence-electron chi connectivity index (χ1n) is 8.14. The second kappa shape index (κ2) is 8.68. The van der Waals surface area contributed by atoms with Gasteiger partial charge in [0.05, 0.1) is 29.2 Å². The van der Waals surface area contributed by atoms with E-state index in [1.807, 2.05) is 24.3 Å². The number of rotatable bonds is 9. The number of para-hydroxylation sites is 4. The van der Waals surface area contributed by atoms with Gasteiger partial charge in [-0.3, -0.25) is 10.1 Å². The Morgan fingerprint density at radius 3 is 2.73 bits per heavy atom. The summed E-state index contributed by atoms with van der Waals surface area (Å²) in [4.78, 5) is 15.2. The van der Waals surface area contributed by atoms with Gasteiger partial charge in [0, 0.05) is 25.5 Å². The third-order valence-corrected chi connectivity index (χ3v) is 4.71. The fraction of sp³-hybridized carbons (Fsp3) is 0.278. The zero-order valence-corrected chi connectivity index (χ0v) is 15.1. The highest BCUT2D eigenvalue weighted by Gasteiger charge is 2.14. The molecule has 0 aliphatic heterocycles. The number of fused-ring (bicyclic) bond motifs is 1. The molecular weight excluding hydrogens is 354 g/mol. The van der Waals surface area contributed by atoms with Crippen LogP contribution < -0.4 is 4.74 Å². The summed E-state index contributed by atoms with van der Waals surface area (Å²) in [7, 11) is 1.67. The topological polar surface area (TPSA) is 79.4 Å². The van der Waals surface area contributed by atoms with Crippen molar-refractivity contribution in [2.45, 2.75) is 11.7 Å². The molecule has 0 unspecified atom stereocenters. The Labute approximate surface area is 155 Å². The molecular formula is C18H19N3O4S. The van der Waals surface area contributed by atoms with Crippen molar-refractivity contribution in [3.8, 4) is 5.75 Å². The first-order valence-corrected chi connectivity index (χ1v) is 9.12. The molecule has 7 nitrogen and oxygen atoms in total. The minimum atomic E-state index is -0.438. The van der Waals surface area contributed by atoms with Crippen LogP contribution in [0.3, 0.4) is 0 Å². The first-order chi connectivity index (χ1) is 12.7. The van der Waals surface area contributed by atoms with Gasteiger partial charge in [-0.1, -0.05) is 36.0 Å².